The molecular formula is C17H23NO3. The van der Waals surface area contributed by atoms with E-state index in [0.717, 1.165) is 0 Å². The van der Waals surface area contributed by atoms with Gasteiger partial charge in [0.1, 0.15) is 0 Å². The molecule has 114 valence electrons. The van der Waals surface area contributed by atoms with Crippen molar-refractivity contribution in [3.63, 3.8) is 0 Å². The van der Waals surface area contributed by atoms with E-state index in [-0.39, 0.29) is 11.9 Å². The van der Waals surface area contributed by atoms with Gasteiger partial charge < -0.3 is 14.8 Å². The zero-order chi connectivity index (χ0) is 14.5. The first-order valence-electron chi connectivity index (χ1n) is 7.89. The Morgan fingerprint density at radius 1 is 1.14 bits per heavy atom. The van der Waals surface area contributed by atoms with Crippen LogP contribution in [-0.4, -0.2) is 31.8 Å². The summed E-state index contributed by atoms with van der Waals surface area (Å²) >= 11 is 0. The number of hydrogen-bond donors (Lipinski definition) is 1. The highest BCUT2D eigenvalue weighted by Gasteiger charge is 2.31. The normalized spacial score (nSPS) is 24.7. The molecule has 2 atom stereocenters. The Bertz CT molecular complexity index is 450. The van der Waals surface area contributed by atoms with Crippen molar-refractivity contribution in [1.82, 2.24) is 5.32 Å². The van der Waals surface area contributed by atoms with Gasteiger partial charge in [0.25, 0.3) is 5.91 Å². The molecule has 0 aromatic heterocycles. The van der Waals surface area contributed by atoms with Crippen molar-refractivity contribution >= 4 is 5.91 Å². The predicted molar refractivity (Wildman–Crippen MR) is 79.8 cm³/mol. The molecular weight excluding hydrogens is 266 g/mol. The Kier molecular flexibility index (Phi) is 4.88. The number of amides is 1. The summed E-state index contributed by atoms with van der Waals surface area (Å²) in [6.45, 7) is 1.43. The molecule has 2 aliphatic rings. The first kappa shape index (κ1) is 14.5. The number of carbonyl (C=O) groups is 1. The Morgan fingerprint density at radius 3 is 2.57 bits per heavy atom. The molecule has 1 saturated carbocycles. The highest BCUT2D eigenvalue weighted by Crippen LogP contribution is 2.35. The van der Waals surface area contributed by atoms with Crippen molar-refractivity contribution in [2.24, 2.45) is 5.92 Å². The van der Waals surface area contributed by atoms with Crippen LogP contribution in [0.4, 0.5) is 0 Å². The first-order chi connectivity index (χ1) is 10.3. The Labute approximate surface area is 125 Å². The molecule has 1 aromatic carbocycles. The third kappa shape index (κ3) is 3.63. The largest absolute Gasteiger partial charge is 0.376 e. The first-order valence-corrected chi connectivity index (χ1v) is 7.89. The molecule has 0 spiro atoms. The molecule has 1 amide bonds. The van der Waals surface area contributed by atoms with Crippen LogP contribution >= 0.6 is 0 Å². The zero-order valence-electron chi connectivity index (χ0n) is 12.3. The van der Waals surface area contributed by atoms with Crippen molar-refractivity contribution in [3.05, 3.63) is 35.9 Å². The predicted octanol–water partition coefficient (Wildman–Crippen LogP) is 2.45. The van der Waals surface area contributed by atoms with Gasteiger partial charge in [-0.3, -0.25) is 4.79 Å². The topological polar surface area (TPSA) is 47.6 Å². The van der Waals surface area contributed by atoms with E-state index >= 15 is 0 Å². The van der Waals surface area contributed by atoms with Crippen molar-refractivity contribution in [2.45, 2.75) is 37.8 Å². The van der Waals surface area contributed by atoms with Gasteiger partial charge in [-0.2, -0.15) is 0 Å². The van der Waals surface area contributed by atoms with Crippen LogP contribution in [0, 0.1) is 5.92 Å². The van der Waals surface area contributed by atoms with Crippen molar-refractivity contribution in [3.8, 4) is 0 Å². The minimum absolute atomic E-state index is 0.0459. The minimum Gasteiger partial charge on any atom is -0.376 e. The standard InChI is InChI=1S/C17H23NO3/c19-17(15-12-20-10-11-21-15)18-16(14-8-4-5-9-14)13-6-2-1-3-7-13/h1-3,6-7,14-16H,4-5,8-12H2,(H,18,19). The summed E-state index contributed by atoms with van der Waals surface area (Å²) in [7, 11) is 0. The second kappa shape index (κ2) is 7.05. The van der Waals surface area contributed by atoms with E-state index in [0.29, 0.717) is 25.7 Å². The molecule has 1 aromatic rings. The van der Waals surface area contributed by atoms with Crippen LogP contribution < -0.4 is 5.32 Å². The highest BCUT2D eigenvalue weighted by atomic mass is 16.6. The maximum Gasteiger partial charge on any atom is 0.252 e. The summed E-state index contributed by atoms with van der Waals surface area (Å²) in [4.78, 5) is 12.4. The third-order valence-corrected chi connectivity index (χ3v) is 4.44. The second-order valence-corrected chi connectivity index (χ2v) is 5.88. The number of carbonyl (C=O) groups excluding carboxylic acids is 1. The number of hydrogen-bond acceptors (Lipinski definition) is 3. The van der Waals surface area contributed by atoms with E-state index in [1.54, 1.807) is 0 Å². The monoisotopic (exact) mass is 289 g/mol. The SMILES string of the molecule is O=C(NC(c1ccccc1)C1CCCC1)C1COCCO1. The molecule has 21 heavy (non-hydrogen) atoms. The van der Waals surface area contributed by atoms with Gasteiger partial charge in [0.05, 0.1) is 25.9 Å². The van der Waals surface area contributed by atoms with Gasteiger partial charge in [0.2, 0.25) is 0 Å². The number of benzene rings is 1. The lowest BCUT2D eigenvalue weighted by Crippen LogP contribution is -2.45. The molecule has 1 N–H and O–H groups in total. The van der Waals surface area contributed by atoms with Crippen LogP contribution in [0.15, 0.2) is 30.3 Å². The third-order valence-electron chi connectivity index (χ3n) is 4.44. The molecule has 1 heterocycles. The van der Waals surface area contributed by atoms with Crippen molar-refractivity contribution in [1.29, 1.82) is 0 Å². The van der Waals surface area contributed by atoms with E-state index < -0.39 is 6.10 Å². The lowest BCUT2D eigenvalue weighted by Gasteiger charge is -2.29. The number of ether oxygens (including phenoxy) is 2. The summed E-state index contributed by atoms with van der Waals surface area (Å²) in [5.74, 6) is 0.483. The summed E-state index contributed by atoms with van der Waals surface area (Å²) < 4.78 is 10.8. The quantitative estimate of drug-likeness (QED) is 0.926. The van der Waals surface area contributed by atoms with Crippen LogP contribution in [-0.2, 0) is 14.3 Å². The molecule has 4 heteroatoms. The molecule has 2 unspecified atom stereocenters. The lowest BCUT2D eigenvalue weighted by molar-refractivity contribution is -0.148. The second-order valence-electron chi connectivity index (χ2n) is 5.88. The van der Waals surface area contributed by atoms with Crippen LogP contribution in [0.25, 0.3) is 0 Å². The van der Waals surface area contributed by atoms with Gasteiger partial charge in [0, 0.05) is 0 Å². The van der Waals surface area contributed by atoms with E-state index in [4.69, 9.17) is 9.47 Å². The smallest absolute Gasteiger partial charge is 0.252 e. The fourth-order valence-electron chi connectivity index (χ4n) is 3.31. The van der Waals surface area contributed by atoms with E-state index in [1.807, 2.05) is 18.2 Å². The average molecular weight is 289 g/mol. The minimum atomic E-state index is -0.466. The van der Waals surface area contributed by atoms with Gasteiger partial charge in [-0.15, -0.1) is 0 Å². The van der Waals surface area contributed by atoms with Crippen molar-refractivity contribution in [2.75, 3.05) is 19.8 Å². The fraction of sp³-hybridized carbons (Fsp3) is 0.588. The summed E-state index contributed by atoms with van der Waals surface area (Å²) in [5, 5.41) is 3.20. The summed E-state index contributed by atoms with van der Waals surface area (Å²) in [6, 6.07) is 10.4. The van der Waals surface area contributed by atoms with E-state index in [1.165, 1.54) is 31.2 Å². The van der Waals surface area contributed by atoms with Crippen LogP contribution in [0.2, 0.25) is 0 Å². The molecule has 0 radical (unpaired) electrons. The van der Waals surface area contributed by atoms with Gasteiger partial charge in [0.15, 0.2) is 6.10 Å². The van der Waals surface area contributed by atoms with Gasteiger partial charge in [-0.1, -0.05) is 43.2 Å². The Hall–Kier alpha value is -1.39. The molecule has 0 bridgehead atoms. The fourth-order valence-corrected chi connectivity index (χ4v) is 3.31. The Morgan fingerprint density at radius 2 is 1.90 bits per heavy atom. The highest BCUT2D eigenvalue weighted by molar-refractivity contribution is 5.81. The zero-order valence-corrected chi connectivity index (χ0v) is 12.3. The van der Waals surface area contributed by atoms with E-state index in [9.17, 15) is 4.79 Å². The number of nitrogens with one attached hydrogen (secondary N) is 1. The summed E-state index contributed by atoms with van der Waals surface area (Å²) in [5.41, 5.74) is 1.19. The maximum absolute atomic E-state index is 12.4. The molecule has 4 nitrogen and oxygen atoms in total. The van der Waals surface area contributed by atoms with Crippen molar-refractivity contribution < 1.29 is 14.3 Å². The van der Waals surface area contributed by atoms with E-state index in [2.05, 4.69) is 17.4 Å². The van der Waals surface area contributed by atoms with Gasteiger partial charge >= 0.3 is 0 Å². The molecule has 1 saturated heterocycles. The Balaban J connectivity index is 1.71. The molecule has 1 aliphatic carbocycles. The number of rotatable bonds is 4. The van der Waals surface area contributed by atoms with Crippen LogP contribution in [0.1, 0.15) is 37.3 Å². The van der Waals surface area contributed by atoms with Crippen LogP contribution in [0.3, 0.4) is 0 Å². The summed E-state index contributed by atoms with van der Waals surface area (Å²) in [6.07, 6.45) is 4.41. The average Bonchev–Trinajstić information content (AvgIpc) is 3.08. The van der Waals surface area contributed by atoms with Gasteiger partial charge in [-0.25, -0.2) is 0 Å². The molecule has 2 fully saturated rings. The molecule has 3 rings (SSSR count). The van der Waals surface area contributed by atoms with Crippen LogP contribution in [0.5, 0.6) is 0 Å². The molecule has 1 aliphatic heterocycles. The van der Waals surface area contributed by atoms with Gasteiger partial charge in [-0.05, 0) is 24.3 Å². The maximum atomic E-state index is 12.4. The lowest BCUT2D eigenvalue weighted by atomic mass is 9.91.